The molecule has 21 heavy (non-hydrogen) atoms. The number of hydrogen-bond acceptors (Lipinski definition) is 6. The number of hydrazone groups is 1. The SMILES string of the molecule is C[C@H]1CCC/C(=N/Nc2ccc([N+](=O)[O-])cc2[N+](=O)[O-])C1. The van der Waals surface area contributed by atoms with Crippen LogP contribution >= 0.6 is 0 Å². The molecule has 0 spiro atoms. The Morgan fingerprint density at radius 1 is 1.29 bits per heavy atom. The van der Waals surface area contributed by atoms with Gasteiger partial charge in [0.25, 0.3) is 5.69 Å². The number of nitro groups is 2. The molecule has 1 saturated carbocycles. The Hall–Kier alpha value is -2.51. The second kappa shape index (κ2) is 6.29. The van der Waals surface area contributed by atoms with Gasteiger partial charge in [-0.2, -0.15) is 5.10 Å². The first-order valence-electron chi connectivity index (χ1n) is 6.71. The van der Waals surface area contributed by atoms with Crippen LogP contribution in [-0.2, 0) is 0 Å². The summed E-state index contributed by atoms with van der Waals surface area (Å²) in [6, 6.07) is 3.47. The van der Waals surface area contributed by atoms with Crippen LogP contribution in [0.15, 0.2) is 23.3 Å². The lowest BCUT2D eigenvalue weighted by atomic mass is 9.89. The lowest BCUT2D eigenvalue weighted by molar-refractivity contribution is -0.393. The first kappa shape index (κ1) is 14.9. The molecule has 1 aliphatic rings. The first-order chi connectivity index (χ1) is 9.97. The largest absolute Gasteiger partial charge is 0.301 e. The number of anilines is 1. The summed E-state index contributed by atoms with van der Waals surface area (Å²) in [5, 5.41) is 25.9. The molecule has 1 N–H and O–H groups in total. The fourth-order valence-electron chi connectivity index (χ4n) is 2.38. The molecule has 0 saturated heterocycles. The van der Waals surface area contributed by atoms with Gasteiger partial charge in [-0.15, -0.1) is 0 Å². The zero-order chi connectivity index (χ0) is 15.4. The van der Waals surface area contributed by atoms with Crippen molar-refractivity contribution in [2.45, 2.75) is 32.6 Å². The fourth-order valence-corrected chi connectivity index (χ4v) is 2.38. The van der Waals surface area contributed by atoms with Crippen LogP contribution in [0, 0.1) is 26.1 Å². The summed E-state index contributed by atoms with van der Waals surface area (Å²) in [6.07, 6.45) is 3.96. The number of non-ortho nitro benzene ring substituents is 1. The molecule has 1 aliphatic carbocycles. The number of nitrogens with one attached hydrogen (secondary N) is 1. The summed E-state index contributed by atoms with van der Waals surface area (Å²) in [4.78, 5) is 20.3. The summed E-state index contributed by atoms with van der Waals surface area (Å²) < 4.78 is 0. The summed E-state index contributed by atoms with van der Waals surface area (Å²) >= 11 is 0. The van der Waals surface area contributed by atoms with Crippen molar-refractivity contribution < 1.29 is 9.85 Å². The summed E-state index contributed by atoms with van der Waals surface area (Å²) in [5.41, 5.74) is 3.15. The van der Waals surface area contributed by atoms with Gasteiger partial charge < -0.3 is 0 Å². The van der Waals surface area contributed by atoms with Gasteiger partial charge in [0, 0.05) is 11.8 Å². The molecule has 0 radical (unpaired) electrons. The molecule has 112 valence electrons. The summed E-state index contributed by atoms with van der Waals surface area (Å²) in [5.74, 6) is 0.561. The standard InChI is InChI=1S/C13H16N4O4/c1-9-3-2-4-10(7-9)14-15-12-6-5-11(16(18)19)8-13(12)17(20)21/h5-6,8-9,15H,2-4,7H2,1H3/b14-10-/t9-/m0/s1. The molecule has 8 heteroatoms. The molecule has 1 fully saturated rings. The lowest BCUT2D eigenvalue weighted by Gasteiger charge is -2.19. The van der Waals surface area contributed by atoms with Gasteiger partial charge in [0.05, 0.1) is 15.9 Å². The first-order valence-corrected chi connectivity index (χ1v) is 6.71. The van der Waals surface area contributed by atoms with Gasteiger partial charge in [-0.3, -0.25) is 25.7 Å². The number of hydrogen-bond donors (Lipinski definition) is 1. The van der Waals surface area contributed by atoms with Gasteiger partial charge in [-0.25, -0.2) is 0 Å². The van der Waals surface area contributed by atoms with E-state index in [0.717, 1.165) is 37.5 Å². The van der Waals surface area contributed by atoms with E-state index in [2.05, 4.69) is 17.5 Å². The Balaban J connectivity index is 2.21. The van der Waals surface area contributed by atoms with Crippen LogP contribution in [0.2, 0.25) is 0 Å². The predicted octanol–water partition coefficient (Wildman–Crippen LogP) is 3.48. The van der Waals surface area contributed by atoms with Gasteiger partial charge in [0.2, 0.25) is 0 Å². The van der Waals surface area contributed by atoms with Crippen molar-refractivity contribution in [1.29, 1.82) is 0 Å². The molecule has 1 aromatic carbocycles. The molecular formula is C13H16N4O4. The minimum Gasteiger partial charge on any atom is -0.272 e. The molecule has 0 aliphatic heterocycles. The molecule has 0 amide bonds. The Morgan fingerprint density at radius 3 is 2.67 bits per heavy atom. The molecule has 0 bridgehead atoms. The van der Waals surface area contributed by atoms with Crippen LogP contribution in [0.3, 0.4) is 0 Å². The van der Waals surface area contributed by atoms with Crippen molar-refractivity contribution in [1.82, 2.24) is 0 Å². The van der Waals surface area contributed by atoms with E-state index in [4.69, 9.17) is 0 Å². The van der Waals surface area contributed by atoms with Crippen molar-refractivity contribution in [3.8, 4) is 0 Å². The number of nitrogens with zero attached hydrogens (tertiary/aromatic N) is 3. The zero-order valence-electron chi connectivity index (χ0n) is 11.6. The zero-order valence-corrected chi connectivity index (χ0v) is 11.6. The average molecular weight is 292 g/mol. The second-order valence-corrected chi connectivity index (χ2v) is 5.21. The summed E-state index contributed by atoms with van der Waals surface area (Å²) in [6.45, 7) is 2.14. The smallest absolute Gasteiger partial charge is 0.272 e. The van der Waals surface area contributed by atoms with Crippen LogP contribution < -0.4 is 5.43 Å². The fraction of sp³-hybridized carbons (Fsp3) is 0.462. The third kappa shape index (κ3) is 3.74. The molecule has 1 atom stereocenters. The Kier molecular flexibility index (Phi) is 4.46. The van der Waals surface area contributed by atoms with E-state index in [-0.39, 0.29) is 17.1 Å². The van der Waals surface area contributed by atoms with Gasteiger partial charge in [-0.05, 0) is 37.7 Å². The Morgan fingerprint density at radius 2 is 2.05 bits per heavy atom. The van der Waals surface area contributed by atoms with Crippen molar-refractivity contribution in [3.63, 3.8) is 0 Å². The quantitative estimate of drug-likeness (QED) is 0.674. The highest BCUT2D eigenvalue weighted by Crippen LogP contribution is 2.29. The average Bonchev–Trinajstić information content (AvgIpc) is 2.44. The maximum Gasteiger partial charge on any atom is 0.301 e. The van der Waals surface area contributed by atoms with Crippen LogP contribution in [0.4, 0.5) is 17.1 Å². The third-order valence-electron chi connectivity index (χ3n) is 3.47. The number of rotatable bonds is 4. The molecule has 0 aromatic heterocycles. The van der Waals surface area contributed by atoms with E-state index < -0.39 is 9.85 Å². The summed E-state index contributed by atoms with van der Waals surface area (Å²) in [7, 11) is 0. The highest BCUT2D eigenvalue weighted by atomic mass is 16.6. The van der Waals surface area contributed by atoms with E-state index in [9.17, 15) is 20.2 Å². The lowest BCUT2D eigenvalue weighted by Crippen LogP contribution is -2.14. The van der Waals surface area contributed by atoms with Crippen molar-refractivity contribution in [2.75, 3.05) is 5.43 Å². The highest BCUT2D eigenvalue weighted by molar-refractivity contribution is 5.86. The highest BCUT2D eigenvalue weighted by Gasteiger charge is 2.20. The third-order valence-corrected chi connectivity index (χ3v) is 3.47. The van der Waals surface area contributed by atoms with Crippen LogP contribution in [0.5, 0.6) is 0 Å². The normalized spacial score (nSPS) is 20.2. The molecule has 2 rings (SSSR count). The van der Waals surface area contributed by atoms with Crippen LogP contribution in [0.1, 0.15) is 32.6 Å². The topological polar surface area (TPSA) is 111 Å². The van der Waals surface area contributed by atoms with Gasteiger partial charge in [0.1, 0.15) is 5.69 Å². The Labute approximate surface area is 121 Å². The van der Waals surface area contributed by atoms with E-state index in [1.165, 1.54) is 12.1 Å². The molecule has 1 aromatic rings. The molecule has 0 unspecified atom stereocenters. The van der Waals surface area contributed by atoms with E-state index >= 15 is 0 Å². The van der Waals surface area contributed by atoms with E-state index in [1.807, 2.05) is 0 Å². The molecule has 8 nitrogen and oxygen atoms in total. The van der Waals surface area contributed by atoms with Crippen molar-refractivity contribution in [2.24, 2.45) is 11.0 Å². The maximum atomic E-state index is 11.0. The van der Waals surface area contributed by atoms with Gasteiger partial charge >= 0.3 is 5.69 Å². The van der Waals surface area contributed by atoms with Crippen LogP contribution in [-0.4, -0.2) is 15.6 Å². The van der Waals surface area contributed by atoms with E-state index in [0.29, 0.717) is 5.92 Å². The number of nitro benzene ring substituents is 2. The Bertz CT molecular complexity index is 600. The maximum absolute atomic E-state index is 11.0. The van der Waals surface area contributed by atoms with Crippen molar-refractivity contribution >= 4 is 22.8 Å². The van der Waals surface area contributed by atoms with Gasteiger partial charge in [-0.1, -0.05) is 6.92 Å². The second-order valence-electron chi connectivity index (χ2n) is 5.21. The minimum absolute atomic E-state index is 0.163. The molecular weight excluding hydrogens is 276 g/mol. The van der Waals surface area contributed by atoms with Crippen molar-refractivity contribution in [3.05, 3.63) is 38.4 Å². The van der Waals surface area contributed by atoms with Gasteiger partial charge in [0.15, 0.2) is 0 Å². The number of benzene rings is 1. The molecule has 0 heterocycles. The monoisotopic (exact) mass is 292 g/mol. The minimum atomic E-state index is -0.661. The van der Waals surface area contributed by atoms with Crippen LogP contribution in [0.25, 0.3) is 0 Å². The van der Waals surface area contributed by atoms with E-state index in [1.54, 1.807) is 0 Å². The predicted molar refractivity (Wildman–Crippen MR) is 78.4 cm³/mol.